The Bertz CT molecular complexity index is 3230. The molecule has 0 aromatic heterocycles. The molecule has 0 radical (unpaired) electrons. The minimum Gasteiger partial charge on any atom is -0.378 e. The molecule has 1 spiro atoms. The molecule has 8 aliphatic rings. The quantitative estimate of drug-likeness (QED) is 0.176. The molecule has 4 aliphatic carbocycles. The number of hydrogen-bond donors (Lipinski definition) is 3. The van der Waals surface area contributed by atoms with E-state index in [1.54, 1.807) is 34.6 Å². The number of amides is 12. The van der Waals surface area contributed by atoms with Gasteiger partial charge in [0.15, 0.2) is 0 Å². The SMILES string of the molecule is CCO[C@@H]1C[C@H]2C(=O)NC3(CCC3)C(=O)N(C)[C@@H](C3CCCC3)C(=O)N(CC)[C@H](C(=O)N3CCOCC3)CC(=O)N(C)[C@@H](CC)C(=O)N[C@@H]([C@@H](C)CC)C(=O)N(C)CC(=O)N(C)[C@H]3CCCCCN(C3=O)[C@@H](CC3CCC(C(F)(F)F)CC3)C(=O)N(C)CC(=O)N[C@@H](CCC3CC(F)C(C(F)(F)F)C(F)C3)C(=O)N2C1. The van der Waals surface area contributed by atoms with Crippen molar-refractivity contribution in [2.45, 2.75) is 273 Å². The fourth-order valence-electron chi connectivity index (χ4n) is 18.0. The summed E-state index contributed by atoms with van der Waals surface area (Å²) in [5, 5.41) is 8.43. The Morgan fingerprint density at radius 3 is 1.81 bits per heavy atom. The first kappa shape index (κ1) is 88.6. The number of fused-ring (bicyclic) bond motifs is 3. The molecule has 4 saturated heterocycles. The van der Waals surface area contributed by atoms with Gasteiger partial charge in [-0.25, -0.2) is 8.78 Å². The van der Waals surface area contributed by atoms with E-state index in [0.717, 1.165) is 24.5 Å². The van der Waals surface area contributed by atoms with E-state index in [1.165, 1.54) is 54.8 Å². The average Bonchev–Trinajstić information content (AvgIpc) is 1.10. The molecule has 12 amide bonds. The minimum absolute atomic E-state index is 0.000331. The lowest BCUT2D eigenvalue weighted by Crippen LogP contribution is -2.68. The molecule has 110 heavy (non-hydrogen) atoms. The van der Waals surface area contributed by atoms with Crippen molar-refractivity contribution in [2.24, 2.45) is 35.5 Å². The van der Waals surface area contributed by atoms with E-state index in [9.17, 15) is 45.5 Å². The predicted octanol–water partition coefficient (Wildman–Crippen LogP) is 6.10. The smallest absolute Gasteiger partial charge is 0.378 e. The van der Waals surface area contributed by atoms with E-state index in [2.05, 4.69) is 16.0 Å². The van der Waals surface area contributed by atoms with Gasteiger partial charge in [0.05, 0.1) is 44.7 Å². The third-order valence-electron chi connectivity index (χ3n) is 25.0. The first-order chi connectivity index (χ1) is 51.9. The number of morpholine rings is 1. The molecule has 4 aliphatic heterocycles. The van der Waals surface area contributed by atoms with Gasteiger partial charge < -0.3 is 69.5 Å². The highest BCUT2D eigenvalue weighted by molar-refractivity contribution is 6.01. The van der Waals surface area contributed by atoms with Gasteiger partial charge in [0.2, 0.25) is 70.9 Å². The van der Waals surface area contributed by atoms with Crippen LogP contribution in [0, 0.1) is 35.5 Å². The number of carbonyl (C=O) groups excluding carboxylic acids is 12. The zero-order chi connectivity index (χ0) is 81.0. The zero-order valence-electron chi connectivity index (χ0n) is 65.6. The maximum Gasteiger partial charge on any atom is 0.397 e. The molecule has 3 N–H and O–H groups in total. The Balaban J connectivity index is 1.21. The number of nitrogens with zero attached hydrogens (tertiary/aromatic N) is 9. The summed E-state index contributed by atoms with van der Waals surface area (Å²) in [7, 11) is 6.73. The van der Waals surface area contributed by atoms with Gasteiger partial charge in [0.1, 0.15) is 72.1 Å². The summed E-state index contributed by atoms with van der Waals surface area (Å²) >= 11 is 0. The third-order valence-corrected chi connectivity index (χ3v) is 25.0. The van der Waals surface area contributed by atoms with Crippen molar-refractivity contribution >= 4 is 70.9 Å². The van der Waals surface area contributed by atoms with Crippen LogP contribution in [-0.4, -0.2) is 301 Å². The summed E-state index contributed by atoms with van der Waals surface area (Å²) in [6, 6.07) is -11.2. The third kappa shape index (κ3) is 21.1. The molecule has 0 aromatic rings. The molecule has 2 bridgehead atoms. The number of halogens is 8. The highest BCUT2D eigenvalue weighted by Crippen LogP contribution is 2.46. The van der Waals surface area contributed by atoms with E-state index in [4.69, 9.17) is 9.47 Å². The Hall–Kier alpha value is -7.00. The van der Waals surface area contributed by atoms with Crippen LogP contribution in [0.4, 0.5) is 35.1 Å². The number of ether oxygens (including phenoxy) is 2. The normalized spacial score (nSPS) is 32.3. The predicted molar refractivity (Wildman–Crippen MR) is 385 cm³/mol. The van der Waals surface area contributed by atoms with Crippen molar-refractivity contribution in [1.82, 2.24) is 60.0 Å². The molecule has 8 fully saturated rings. The molecule has 2 unspecified atom stereocenters. The van der Waals surface area contributed by atoms with Gasteiger partial charge in [-0.15, -0.1) is 0 Å². The van der Waals surface area contributed by atoms with E-state index in [1.807, 2.05) is 0 Å². The lowest BCUT2D eigenvalue weighted by molar-refractivity contribution is -0.219. The van der Waals surface area contributed by atoms with Crippen LogP contribution in [0.25, 0.3) is 0 Å². The van der Waals surface area contributed by atoms with E-state index >= 15 is 47.1 Å². The van der Waals surface area contributed by atoms with Crippen LogP contribution in [0.15, 0.2) is 0 Å². The molecule has 8 rings (SSSR count). The number of likely N-dealkylation sites (N-methyl/N-ethyl adjacent to an activating group) is 6. The van der Waals surface area contributed by atoms with Crippen molar-refractivity contribution in [3.8, 4) is 0 Å². The molecule has 34 heteroatoms. The summed E-state index contributed by atoms with van der Waals surface area (Å²) in [5.41, 5.74) is -1.70. The fraction of sp³-hybridized carbons (Fsp3) is 0.842. The van der Waals surface area contributed by atoms with E-state index < -0.39 is 230 Å². The van der Waals surface area contributed by atoms with Gasteiger partial charge in [-0.2, -0.15) is 26.3 Å². The van der Waals surface area contributed by atoms with Crippen LogP contribution in [0.5, 0.6) is 0 Å². The van der Waals surface area contributed by atoms with Crippen LogP contribution < -0.4 is 16.0 Å². The molecule has 26 nitrogen and oxygen atoms in total. The number of carbonyl (C=O) groups is 12. The van der Waals surface area contributed by atoms with Crippen molar-refractivity contribution in [2.75, 3.05) is 101 Å². The first-order valence-electron chi connectivity index (χ1n) is 39.9. The van der Waals surface area contributed by atoms with Gasteiger partial charge in [0, 0.05) is 81.0 Å². The molecular weight excluding hydrogens is 1460 g/mol. The van der Waals surface area contributed by atoms with Crippen LogP contribution >= 0.6 is 0 Å². The molecule has 0 aromatic carbocycles. The van der Waals surface area contributed by atoms with Crippen molar-refractivity contribution < 1.29 is 102 Å². The Labute approximate surface area is 640 Å². The summed E-state index contributed by atoms with van der Waals surface area (Å²) in [5.74, 6) is -16.5. The van der Waals surface area contributed by atoms with Crippen LogP contribution in [0.3, 0.4) is 0 Å². The molecule has 622 valence electrons. The molecule has 4 heterocycles. The second-order valence-electron chi connectivity index (χ2n) is 32.2. The summed E-state index contributed by atoms with van der Waals surface area (Å²) in [4.78, 5) is 193. The van der Waals surface area contributed by atoms with Gasteiger partial charge in [-0.1, -0.05) is 52.9 Å². The Morgan fingerprint density at radius 2 is 1.24 bits per heavy atom. The van der Waals surface area contributed by atoms with Crippen LogP contribution in [0.1, 0.15) is 189 Å². The number of rotatable bonds is 13. The second-order valence-corrected chi connectivity index (χ2v) is 32.2. The average molecular weight is 1580 g/mol. The molecular formula is C76H118F8N12O14. The van der Waals surface area contributed by atoms with E-state index in [0.29, 0.717) is 57.8 Å². The lowest BCUT2D eigenvalue weighted by Gasteiger charge is -2.47. The summed E-state index contributed by atoms with van der Waals surface area (Å²) in [6.45, 7) is 7.04. The standard InChI is InChI=1S/C76H118F8N12O14/c1-11-45(5)63-71(106)89(7)44-61(99)91(9)55-23-16-15-19-32-95(70(55)105)57(39-46-24-27-49(28-25-46)75(79,80)81)68(103)88(6)43-59(97)85-53(29-26-47-37-51(77)62(52(78)38-47)76(82,83)84)67(102)96-42-50(110-14-4)40-56(96)66(101)87-74(30-20-31-74)73(108)92(10)64(48-21-17-18-22-48)72(107)94(13-3)58(69(104)93-33-35-109-36-34-93)41-60(98)90(8)54(12-2)65(100)86-63/h45-58,62-64H,11-44H2,1-10H3,(H,85,97)(H,86,100)(H,87,101)/t45-,46?,47?,49?,50+,51?,52?,53-,54-,55-,56-,57-,58-,62?,63-,64-/m0/s1. The number of nitrogens with one attached hydrogen (secondary N) is 3. The summed E-state index contributed by atoms with van der Waals surface area (Å²) in [6.07, 6.45) is -15.2. The van der Waals surface area contributed by atoms with Crippen molar-refractivity contribution in [3.05, 3.63) is 0 Å². The summed E-state index contributed by atoms with van der Waals surface area (Å²) < 4.78 is 127. The maximum absolute atomic E-state index is 15.9. The monoisotopic (exact) mass is 1570 g/mol. The van der Waals surface area contributed by atoms with E-state index in [-0.39, 0.29) is 123 Å². The molecule has 12 atom stereocenters. The number of alkyl halides is 8. The lowest BCUT2D eigenvalue weighted by atomic mass is 9.74. The fourth-order valence-corrected chi connectivity index (χ4v) is 18.0. The molecule has 4 saturated carbocycles. The largest absolute Gasteiger partial charge is 0.397 e. The van der Waals surface area contributed by atoms with Crippen molar-refractivity contribution in [1.29, 1.82) is 0 Å². The van der Waals surface area contributed by atoms with Crippen molar-refractivity contribution in [3.63, 3.8) is 0 Å². The van der Waals surface area contributed by atoms with Crippen LogP contribution in [0.2, 0.25) is 0 Å². The Kier molecular flexibility index (Phi) is 31.1. The first-order valence-corrected chi connectivity index (χ1v) is 39.9. The Morgan fingerprint density at radius 1 is 0.609 bits per heavy atom. The number of hydrogen-bond acceptors (Lipinski definition) is 14. The topological polar surface area (TPSA) is 289 Å². The zero-order valence-corrected chi connectivity index (χ0v) is 65.6. The van der Waals surface area contributed by atoms with Gasteiger partial charge >= 0.3 is 12.4 Å². The van der Waals surface area contributed by atoms with Gasteiger partial charge in [-0.05, 0) is 147 Å². The highest BCUT2D eigenvalue weighted by Gasteiger charge is 2.56. The van der Waals surface area contributed by atoms with Gasteiger partial charge in [0.25, 0.3) is 0 Å². The second kappa shape index (κ2) is 38.7. The highest BCUT2D eigenvalue weighted by atomic mass is 19.4. The minimum atomic E-state index is -5.22. The van der Waals surface area contributed by atoms with Crippen LogP contribution in [-0.2, 0) is 67.0 Å². The van der Waals surface area contributed by atoms with Gasteiger partial charge in [-0.3, -0.25) is 57.5 Å². The maximum atomic E-state index is 15.9.